The summed E-state index contributed by atoms with van der Waals surface area (Å²) in [5.74, 6) is 0.321. The molecule has 0 radical (unpaired) electrons. The van der Waals surface area contributed by atoms with E-state index in [2.05, 4.69) is 28.7 Å². The number of phenolic OH excluding ortho intramolecular Hbond substituents is 1. The van der Waals surface area contributed by atoms with Crippen LogP contribution in [0.3, 0.4) is 0 Å². The average molecular weight is 522 g/mol. The van der Waals surface area contributed by atoms with Gasteiger partial charge in [0.25, 0.3) is 0 Å². The maximum Gasteiger partial charge on any atom is 0.354 e. The van der Waals surface area contributed by atoms with Gasteiger partial charge < -0.3 is 29.3 Å². The molecule has 2 aromatic carbocycles. The first-order valence-electron chi connectivity index (χ1n) is 13.0. The van der Waals surface area contributed by atoms with Gasteiger partial charge in [-0.1, -0.05) is 0 Å². The molecule has 9 nitrogen and oxygen atoms in total. The second-order valence-electron chi connectivity index (χ2n) is 9.44. The first-order valence-corrected chi connectivity index (χ1v) is 13.0. The predicted octanol–water partition coefficient (Wildman–Crippen LogP) is 5.26. The second kappa shape index (κ2) is 12.0. The number of likely N-dealkylation sites (tertiary alicyclic amines) is 1. The molecule has 0 aliphatic carbocycles. The van der Waals surface area contributed by atoms with Gasteiger partial charge in [-0.05, 0) is 82.6 Å². The van der Waals surface area contributed by atoms with Crippen LogP contribution in [-0.4, -0.2) is 70.4 Å². The van der Waals surface area contributed by atoms with Crippen molar-refractivity contribution in [2.75, 3.05) is 26.3 Å². The van der Waals surface area contributed by atoms with Crippen molar-refractivity contribution in [3.05, 3.63) is 59.9 Å². The smallest absolute Gasteiger partial charge is 0.354 e. The summed E-state index contributed by atoms with van der Waals surface area (Å²) in [6.45, 7) is 10.8. The second-order valence-corrected chi connectivity index (χ2v) is 9.44. The topological polar surface area (TPSA) is 117 Å². The van der Waals surface area contributed by atoms with Crippen LogP contribution in [0.2, 0.25) is 0 Å². The molecule has 1 unspecified atom stereocenters. The molecule has 0 saturated carbocycles. The number of carbonyl (C=O) groups excluding carboxylic acids is 2. The van der Waals surface area contributed by atoms with Crippen LogP contribution in [0.4, 0.5) is 0 Å². The molecule has 3 N–H and O–H groups in total. The average Bonchev–Trinajstić information content (AvgIpc) is 3.62. The number of nitrogens with zero attached hydrogens (tertiary/aromatic N) is 1. The maximum absolute atomic E-state index is 11.8. The molecule has 0 bridgehead atoms. The Labute approximate surface area is 221 Å². The van der Waals surface area contributed by atoms with Crippen molar-refractivity contribution < 1.29 is 28.9 Å². The first kappa shape index (κ1) is 27.1. The molecular formula is C29H35N3O6. The van der Waals surface area contributed by atoms with Crippen LogP contribution in [0.15, 0.2) is 48.5 Å². The largest absolute Gasteiger partial charge is 0.508 e. The van der Waals surface area contributed by atoms with E-state index >= 15 is 0 Å². The molecule has 9 heteroatoms. The van der Waals surface area contributed by atoms with Crippen LogP contribution >= 0.6 is 0 Å². The third kappa shape index (κ3) is 6.47. The fourth-order valence-electron chi connectivity index (χ4n) is 4.45. The molecular weight excluding hydrogens is 486 g/mol. The lowest BCUT2D eigenvalue weighted by molar-refractivity contribution is 0.0511. The van der Waals surface area contributed by atoms with E-state index in [4.69, 9.17) is 14.2 Å². The number of esters is 2. The number of H-pyrrole nitrogens is 2. The SMILES string of the molecule is CCOC(=O)c1cc2cc(O)ccc2[nH]1.CCOC(=O)c1cc2cc(OC3CCN(C(C)C)C3)ccc2[nH]1. The predicted molar refractivity (Wildman–Crippen MR) is 146 cm³/mol. The Morgan fingerprint density at radius 1 is 0.921 bits per heavy atom. The summed E-state index contributed by atoms with van der Waals surface area (Å²) >= 11 is 0. The van der Waals surface area contributed by atoms with E-state index in [0.29, 0.717) is 30.6 Å². The van der Waals surface area contributed by atoms with Crippen molar-refractivity contribution in [2.45, 2.75) is 46.3 Å². The number of hydrogen-bond acceptors (Lipinski definition) is 7. The summed E-state index contributed by atoms with van der Waals surface area (Å²) in [4.78, 5) is 31.6. The van der Waals surface area contributed by atoms with Gasteiger partial charge in [-0.3, -0.25) is 4.90 Å². The van der Waals surface area contributed by atoms with E-state index in [1.165, 1.54) is 0 Å². The van der Waals surface area contributed by atoms with E-state index in [1.807, 2.05) is 24.3 Å². The molecule has 1 fully saturated rings. The van der Waals surface area contributed by atoms with Gasteiger partial charge in [0, 0.05) is 40.9 Å². The zero-order valence-corrected chi connectivity index (χ0v) is 22.2. The number of nitrogens with one attached hydrogen (secondary N) is 2. The molecule has 4 aromatic rings. The van der Waals surface area contributed by atoms with Gasteiger partial charge in [-0.25, -0.2) is 9.59 Å². The molecule has 0 amide bonds. The Morgan fingerprint density at radius 3 is 2.05 bits per heavy atom. The Hall–Kier alpha value is -3.98. The number of rotatable bonds is 7. The molecule has 5 rings (SSSR count). The summed E-state index contributed by atoms with van der Waals surface area (Å²) in [6, 6.07) is 14.8. The van der Waals surface area contributed by atoms with E-state index in [-0.39, 0.29) is 23.8 Å². The molecule has 1 saturated heterocycles. The van der Waals surface area contributed by atoms with Gasteiger partial charge in [-0.2, -0.15) is 0 Å². The van der Waals surface area contributed by atoms with E-state index in [0.717, 1.165) is 47.1 Å². The fraction of sp³-hybridized carbons (Fsp3) is 0.379. The minimum atomic E-state index is -0.381. The van der Waals surface area contributed by atoms with Gasteiger partial charge in [0.15, 0.2) is 0 Å². The van der Waals surface area contributed by atoms with Crippen molar-refractivity contribution in [3.8, 4) is 11.5 Å². The van der Waals surface area contributed by atoms with E-state index in [1.54, 1.807) is 38.1 Å². The highest BCUT2D eigenvalue weighted by molar-refractivity contribution is 5.96. The zero-order chi connectivity index (χ0) is 27.2. The van der Waals surface area contributed by atoms with Crippen molar-refractivity contribution >= 4 is 33.7 Å². The molecule has 2 aromatic heterocycles. The first-order chi connectivity index (χ1) is 18.3. The summed E-state index contributed by atoms with van der Waals surface area (Å²) < 4.78 is 16.0. The molecule has 38 heavy (non-hydrogen) atoms. The lowest BCUT2D eigenvalue weighted by atomic mass is 10.2. The number of benzene rings is 2. The third-order valence-corrected chi connectivity index (χ3v) is 6.40. The summed E-state index contributed by atoms with van der Waals surface area (Å²) in [5, 5.41) is 11.0. The maximum atomic E-state index is 11.8. The zero-order valence-electron chi connectivity index (χ0n) is 22.2. The Bertz CT molecular complexity index is 1410. The summed E-state index contributed by atoms with van der Waals surface area (Å²) in [7, 11) is 0. The molecule has 1 atom stereocenters. The van der Waals surface area contributed by atoms with E-state index < -0.39 is 0 Å². The Morgan fingerprint density at radius 2 is 1.50 bits per heavy atom. The number of aromatic amines is 2. The number of ether oxygens (including phenoxy) is 3. The van der Waals surface area contributed by atoms with Gasteiger partial charge in [0.1, 0.15) is 29.0 Å². The van der Waals surface area contributed by atoms with Crippen LogP contribution in [0.25, 0.3) is 21.8 Å². The lowest BCUT2D eigenvalue weighted by Crippen LogP contribution is -2.30. The Balaban J connectivity index is 0.000000194. The van der Waals surface area contributed by atoms with Gasteiger partial charge in [0.2, 0.25) is 0 Å². The number of aromatic hydroxyl groups is 1. The van der Waals surface area contributed by atoms with Crippen LogP contribution in [0.1, 0.15) is 55.1 Å². The normalized spacial score (nSPS) is 15.4. The molecule has 0 spiro atoms. The minimum Gasteiger partial charge on any atom is -0.508 e. The molecule has 202 valence electrons. The van der Waals surface area contributed by atoms with Crippen LogP contribution in [-0.2, 0) is 9.47 Å². The highest BCUT2D eigenvalue weighted by Crippen LogP contribution is 2.25. The van der Waals surface area contributed by atoms with Crippen molar-refractivity contribution in [3.63, 3.8) is 0 Å². The van der Waals surface area contributed by atoms with Crippen molar-refractivity contribution in [2.24, 2.45) is 0 Å². The van der Waals surface area contributed by atoms with Crippen molar-refractivity contribution in [1.82, 2.24) is 14.9 Å². The third-order valence-electron chi connectivity index (χ3n) is 6.40. The van der Waals surface area contributed by atoms with Crippen molar-refractivity contribution in [1.29, 1.82) is 0 Å². The lowest BCUT2D eigenvalue weighted by Gasteiger charge is -2.20. The van der Waals surface area contributed by atoms with Gasteiger partial charge >= 0.3 is 11.9 Å². The monoisotopic (exact) mass is 521 g/mol. The number of carbonyl (C=O) groups is 2. The quantitative estimate of drug-likeness (QED) is 0.284. The standard InChI is InChI=1S/C18H24N2O3.C11H11NO3/c1-4-22-18(21)17-10-13-9-14(5-6-16(13)19-17)23-15-7-8-20(11-15)12(2)3;1-2-15-11(14)10-6-7-5-8(13)3-4-9(7)12-10/h5-6,9-10,12,15,19H,4,7-8,11H2,1-3H3;3-6,12-13H,2H2,1H3. The molecule has 1 aliphatic heterocycles. The number of phenols is 1. The summed E-state index contributed by atoms with van der Waals surface area (Å²) in [5.41, 5.74) is 2.59. The molecule has 1 aliphatic rings. The molecule has 3 heterocycles. The number of aromatic nitrogens is 2. The fourth-order valence-corrected chi connectivity index (χ4v) is 4.45. The summed E-state index contributed by atoms with van der Waals surface area (Å²) in [6.07, 6.45) is 1.29. The van der Waals surface area contributed by atoms with Gasteiger partial charge in [0.05, 0.1) is 13.2 Å². The highest BCUT2D eigenvalue weighted by Gasteiger charge is 2.25. The minimum absolute atomic E-state index is 0.178. The highest BCUT2D eigenvalue weighted by atomic mass is 16.5. The Kier molecular flexibility index (Phi) is 8.58. The number of fused-ring (bicyclic) bond motifs is 2. The van der Waals surface area contributed by atoms with Gasteiger partial charge in [-0.15, -0.1) is 0 Å². The number of hydrogen-bond donors (Lipinski definition) is 3. The van der Waals surface area contributed by atoms with Crippen LogP contribution < -0.4 is 4.74 Å². The van der Waals surface area contributed by atoms with Crippen LogP contribution in [0, 0.1) is 0 Å². The van der Waals surface area contributed by atoms with Crippen LogP contribution in [0.5, 0.6) is 11.5 Å². The van der Waals surface area contributed by atoms with E-state index in [9.17, 15) is 14.7 Å².